The van der Waals surface area contributed by atoms with Gasteiger partial charge in [0, 0.05) is 19.6 Å². The first-order valence-electron chi connectivity index (χ1n) is 7.08. The Morgan fingerprint density at radius 1 is 1.48 bits per heavy atom. The van der Waals surface area contributed by atoms with Gasteiger partial charge in [-0.2, -0.15) is 0 Å². The number of hydrogen-bond donors (Lipinski definition) is 2. The van der Waals surface area contributed by atoms with Crippen LogP contribution in [0.2, 0.25) is 5.02 Å². The minimum Gasteiger partial charge on any atom is -0.337 e. The highest BCUT2D eigenvalue weighted by atomic mass is 35.5. The maximum absolute atomic E-state index is 12.5. The Hall–Kier alpha value is -1.37. The van der Waals surface area contributed by atoms with Crippen molar-refractivity contribution in [1.82, 2.24) is 14.8 Å². The molecule has 6 nitrogen and oxygen atoms in total. The number of pyridine rings is 1. The van der Waals surface area contributed by atoms with Crippen molar-refractivity contribution in [3.8, 4) is 0 Å². The molecule has 1 amide bonds. The highest BCUT2D eigenvalue weighted by Crippen LogP contribution is 2.22. The Kier molecular flexibility index (Phi) is 5.39. The Labute approximate surface area is 130 Å². The molecule has 0 unspecified atom stereocenters. The van der Waals surface area contributed by atoms with E-state index >= 15 is 0 Å². The first-order valence-corrected chi connectivity index (χ1v) is 7.46. The monoisotopic (exact) mass is 311 g/mol. The van der Waals surface area contributed by atoms with E-state index in [0.717, 1.165) is 32.5 Å². The smallest absolute Gasteiger partial charge is 0.274 e. The molecule has 1 saturated heterocycles. The van der Waals surface area contributed by atoms with Crippen LogP contribution in [0.25, 0.3) is 0 Å². The molecular formula is C14H22ClN5O. The fraction of sp³-hybridized carbons (Fsp3) is 0.571. The quantitative estimate of drug-likeness (QED) is 0.650. The van der Waals surface area contributed by atoms with Gasteiger partial charge in [0.2, 0.25) is 0 Å². The molecule has 3 N–H and O–H groups in total. The second-order valence-corrected chi connectivity index (χ2v) is 6.08. The number of aromatic nitrogens is 1. The Bertz CT molecular complexity index is 500. The molecule has 1 aliphatic rings. The lowest BCUT2D eigenvalue weighted by atomic mass is 9.96. The highest BCUT2D eigenvalue weighted by molar-refractivity contribution is 6.33. The third-order valence-electron chi connectivity index (χ3n) is 3.72. The molecule has 21 heavy (non-hydrogen) atoms. The van der Waals surface area contributed by atoms with Gasteiger partial charge in [-0.15, -0.1) is 0 Å². The van der Waals surface area contributed by atoms with Gasteiger partial charge in [0.1, 0.15) is 11.5 Å². The second-order valence-electron chi connectivity index (χ2n) is 5.67. The molecule has 0 spiro atoms. The van der Waals surface area contributed by atoms with Crippen LogP contribution in [0.15, 0.2) is 12.1 Å². The number of carbonyl (C=O) groups is 1. The van der Waals surface area contributed by atoms with E-state index < -0.39 is 0 Å². The first kappa shape index (κ1) is 16.0. The van der Waals surface area contributed by atoms with Crippen LogP contribution in [-0.2, 0) is 0 Å². The van der Waals surface area contributed by atoms with E-state index in [2.05, 4.69) is 29.4 Å². The lowest BCUT2D eigenvalue weighted by Gasteiger charge is -2.33. The zero-order valence-electron chi connectivity index (χ0n) is 12.5. The molecule has 0 radical (unpaired) electrons. The van der Waals surface area contributed by atoms with Crippen molar-refractivity contribution < 1.29 is 4.79 Å². The van der Waals surface area contributed by atoms with Crippen molar-refractivity contribution in [1.29, 1.82) is 0 Å². The van der Waals surface area contributed by atoms with Crippen LogP contribution >= 0.6 is 11.6 Å². The molecule has 7 heteroatoms. The van der Waals surface area contributed by atoms with Crippen molar-refractivity contribution >= 4 is 23.3 Å². The maximum Gasteiger partial charge on any atom is 0.274 e. The third-order valence-corrected chi connectivity index (χ3v) is 4.03. The summed E-state index contributed by atoms with van der Waals surface area (Å²) < 4.78 is 0. The molecule has 2 rings (SSSR count). The van der Waals surface area contributed by atoms with Gasteiger partial charge in [0.25, 0.3) is 5.91 Å². The van der Waals surface area contributed by atoms with E-state index in [1.165, 1.54) is 0 Å². The van der Waals surface area contributed by atoms with Crippen LogP contribution < -0.4 is 11.3 Å². The van der Waals surface area contributed by atoms with Crippen LogP contribution in [0, 0.1) is 5.92 Å². The van der Waals surface area contributed by atoms with Gasteiger partial charge in [-0.25, -0.2) is 10.8 Å². The molecule has 0 aliphatic carbocycles. The van der Waals surface area contributed by atoms with Crippen LogP contribution in [0.5, 0.6) is 0 Å². The molecule has 0 atom stereocenters. The van der Waals surface area contributed by atoms with Crippen molar-refractivity contribution in [2.75, 3.05) is 39.2 Å². The maximum atomic E-state index is 12.5. The first-order chi connectivity index (χ1) is 10.0. The van der Waals surface area contributed by atoms with E-state index in [9.17, 15) is 4.79 Å². The van der Waals surface area contributed by atoms with E-state index in [1.54, 1.807) is 12.1 Å². The molecular weight excluding hydrogens is 290 g/mol. The Morgan fingerprint density at radius 3 is 2.71 bits per heavy atom. The Balaban J connectivity index is 2.02. The van der Waals surface area contributed by atoms with Gasteiger partial charge in [0.15, 0.2) is 0 Å². The second kappa shape index (κ2) is 7.06. The number of nitrogen functional groups attached to an aromatic ring is 1. The average Bonchev–Trinajstić information content (AvgIpc) is 2.47. The average molecular weight is 312 g/mol. The normalized spacial score (nSPS) is 16.3. The Morgan fingerprint density at radius 2 is 2.14 bits per heavy atom. The van der Waals surface area contributed by atoms with Gasteiger partial charge in [-0.3, -0.25) is 4.79 Å². The standard InChI is InChI=1S/C14H22ClN5O/c1-19(2)9-10-5-7-20(8-6-10)14(21)13-11(15)3-4-12(17-13)18-16/h3-4,10H,5-9,16H2,1-2H3,(H,17,18). The summed E-state index contributed by atoms with van der Waals surface area (Å²) in [7, 11) is 4.15. The molecule has 1 aromatic rings. The molecule has 1 aliphatic heterocycles. The summed E-state index contributed by atoms with van der Waals surface area (Å²) in [4.78, 5) is 20.7. The number of carbonyl (C=O) groups excluding carboxylic acids is 1. The summed E-state index contributed by atoms with van der Waals surface area (Å²) in [5.74, 6) is 6.28. The minimum absolute atomic E-state index is 0.125. The number of halogens is 1. The summed E-state index contributed by atoms with van der Waals surface area (Å²) in [6.07, 6.45) is 2.02. The van der Waals surface area contributed by atoms with E-state index in [0.29, 0.717) is 16.8 Å². The van der Waals surface area contributed by atoms with Crippen molar-refractivity contribution in [2.45, 2.75) is 12.8 Å². The minimum atomic E-state index is -0.125. The van der Waals surface area contributed by atoms with Crippen LogP contribution in [0.4, 0.5) is 5.82 Å². The fourth-order valence-electron chi connectivity index (χ4n) is 2.66. The number of nitrogens with two attached hydrogens (primary N) is 1. The number of amides is 1. The highest BCUT2D eigenvalue weighted by Gasteiger charge is 2.26. The lowest BCUT2D eigenvalue weighted by Crippen LogP contribution is -2.41. The lowest BCUT2D eigenvalue weighted by molar-refractivity contribution is 0.0672. The van der Waals surface area contributed by atoms with Gasteiger partial charge in [-0.05, 0) is 45.0 Å². The largest absolute Gasteiger partial charge is 0.337 e. The van der Waals surface area contributed by atoms with Gasteiger partial charge in [-0.1, -0.05) is 11.6 Å². The van der Waals surface area contributed by atoms with Crippen molar-refractivity contribution in [3.63, 3.8) is 0 Å². The van der Waals surface area contributed by atoms with E-state index in [-0.39, 0.29) is 11.6 Å². The fourth-order valence-corrected chi connectivity index (χ4v) is 2.84. The van der Waals surface area contributed by atoms with E-state index in [4.69, 9.17) is 17.4 Å². The molecule has 116 valence electrons. The number of rotatable bonds is 4. The van der Waals surface area contributed by atoms with Crippen molar-refractivity contribution in [2.24, 2.45) is 11.8 Å². The summed E-state index contributed by atoms with van der Waals surface area (Å²) >= 11 is 6.08. The predicted octanol–water partition coefficient (Wildman–Crippen LogP) is 1.43. The topological polar surface area (TPSA) is 74.5 Å². The number of anilines is 1. The summed E-state index contributed by atoms with van der Waals surface area (Å²) in [6, 6.07) is 3.28. The molecule has 2 heterocycles. The summed E-state index contributed by atoms with van der Waals surface area (Å²) in [5.41, 5.74) is 2.70. The van der Waals surface area contributed by atoms with Gasteiger partial charge < -0.3 is 15.2 Å². The predicted molar refractivity (Wildman–Crippen MR) is 84.2 cm³/mol. The molecule has 0 aromatic carbocycles. The van der Waals surface area contributed by atoms with Crippen LogP contribution in [0.3, 0.4) is 0 Å². The van der Waals surface area contributed by atoms with Gasteiger partial charge in [0.05, 0.1) is 5.02 Å². The summed E-state index contributed by atoms with van der Waals surface area (Å²) in [5, 5.41) is 0.356. The van der Waals surface area contributed by atoms with Crippen molar-refractivity contribution in [3.05, 3.63) is 22.8 Å². The number of nitrogens with zero attached hydrogens (tertiary/aromatic N) is 3. The number of nitrogens with one attached hydrogen (secondary N) is 1. The SMILES string of the molecule is CN(C)CC1CCN(C(=O)c2nc(NN)ccc2Cl)CC1. The summed E-state index contributed by atoms with van der Waals surface area (Å²) in [6.45, 7) is 2.55. The zero-order chi connectivity index (χ0) is 15.4. The number of piperidine rings is 1. The number of likely N-dealkylation sites (tertiary alicyclic amines) is 1. The van der Waals surface area contributed by atoms with Crippen LogP contribution in [-0.4, -0.2) is 54.4 Å². The number of hydrogen-bond acceptors (Lipinski definition) is 5. The number of hydrazine groups is 1. The van der Waals surface area contributed by atoms with Gasteiger partial charge >= 0.3 is 0 Å². The van der Waals surface area contributed by atoms with Crippen LogP contribution in [0.1, 0.15) is 23.3 Å². The van der Waals surface area contributed by atoms with E-state index in [1.807, 2.05) is 4.90 Å². The molecule has 1 aromatic heterocycles. The molecule has 0 saturated carbocycles. The third kappa shape index (κ3) is 4.06. The molecule has 0 bridgehead atoms. The zero-order valence-corrected chi connectivity index (χ0v) is 13.2. The molecule has 1 fully saturated rings.